The SMILES string of the molecule is COc1ccc(OC)c(S(=O)(=O)Nc2ccc([N+](=O)[O-])cc2)c1. The molecule has 23 heavy (non-hydrogen) atoms. The summed E-state index contributed by atoms with van der Waals surface area (Å²) in [7, 11) is -1.17. The van der Waals surface area contributed by atoms with Crippen LogP contribution in [0.3, 0.4) is 0 Å². The van der Waals surface area contributed by atoms with Gasteiger partial charge in [-0.1, -0.05) is 0 Å². The fourth-order valence-electron chi connectivity index (χ4n) is 1.86. The van der Waals surface area contributed by atoms with Crippen LogP contribution in [0.5, 0.6) is 11.5 Å². The molecule has 2 rings (SSSR count). The number of methoxy groups -OCH3 is 2. The summed E-state index contributed by atoms with van der Waals surface area (Å²) < 4.78 is 37.4. The van der Waals surface area contributed by atoms with E-state index >= 15 is 0 Å². The van der Waals surface area contributed by atoms with E-state index in [1.165, 1.54) is 50.6 Å². The number of rotatable bonds is 6. The molecule has 1 N–H and O–H groups in total. The molecule has 0 saturated heterocycles. The van der Waals surface area contributed by atoms with Crippen molar-refractivity contribution in [1.29, 1.82) is 0 Å². The predicted molar refractivity (Wildman–Crippen MR) is 83.5 cm³/mol. The van der Waals surface area contributed by atoms with E-state index in [4.69, 9.17) is 9.47 Å². The Balaban J connectivity index is 2.36. The smallest absolute Gasteiger partial charge is 0.269 e. The average molecular weight is 338 g/mol. The van der Waals surface area contributed by atoms with Crippen LogP contribution in [0.2, 0.25) is 0 Å². The van der Waals surface area contributed by atoms with Gasteiger partial charge in [-0.05, 0) is 24.3 Å². The highest BCUT2D eigenvalue weighted by atomic mass is 32.2. The molecule has 0 saturated carbocycles. The van der Waals surface area contributed by atoms with E-state index in [9.17, 15) is 18.5 Å². The first kappa shape index (κ1) is 16.6. The number of nitro benzene ring substituents is 1. The monoisotopic (exact) mass is 338 g/mol. The molecule has 0 aliphatic heterocycles. The van der Waals surface area contributed by atoms with E-state index in [0.29, 0.717) is 5.75 Å². The van der Waals surface area contributed by atoms with Crippen LogP contribution in [-0.2, 0) is 10.0 Å². The third-order valence-corrected chi connectivity index (χ3v) is 4.39. The summed E-state index contributed by atoms with van der Waals surface area (Å²) >= 11 is 0. The molecule has 0 aliphatic rings. The number of nitro groups is 1. The lowest BCUT2D eigenvalue weighted by molar-refractivity contribution is -0.384. The molecule has 2 aromatic rings. The summed E-state index contributed by atoms with van der Waals surface area (Å²) in [4.78, 5) is 9.94. The Labute approximate surface area is 132 Å². The summed E-state index contributed by atoms with van der Waals surface area (Å²) in [5, 5.41) is 10.6. The van der Waals surface area contributed by atoms with Crippen LogP contribution in [0.4, 0.5) is 11.4 Å². The van der Waals surface area contributed by atoms with Gasteiger partial charge in [0, 0.05) is 23.9 Å². The van der Waals surface area contributed by atoms with Crippen LogP contribution < -0.4 is 14.2 Å². The topological polar surface area (TPSA) is 108 Å². The summed E-state index contributed by atoms with van der Waals surface area (Å²) in [6.07, 6.45) is 0. The molecule has 122 valence electrons. The number of non-ortho nitro benzene ring substituents is 1. The number of sulfonamides is 1. The first-order valence-electron chi connectivity index (χ1n) is 6.36. The number of nitrogens with one attached hydrogen (secondary N) is 1. The lowest BCUT2D eigenvalue weighted by Gasteiger charge is -2.12. The average Bonchev–Trinajstić information content (AvgIpc) is 2.54. The van der Waals surface area contributed by atoms with Crippen molar-refractivity contribution in [2.75, 3.05) is 18.9 Å². The van der Waals surface area contributed by atoms with Gasteiger partial charge in [-0.3, -0.25) is 14.8 Å². The van der Waals surface area contributed by atoms with Crippen LogP contribution >= 0.6 is 0 Å². The first-order valence-corrected chi connectivity index (χ1v) is 7.85. The Morgan fingerprint density at radius 2 is 1.70 bits per heavy atom. The molecule has 9 heteroatoms. The van der Waals surface area contributed by atoms with Crippen molar-refractivity contribution in [1.82, 2.24) is 0 Å². The molecule has 8 nitrogen and oxygen atoms in total. The third kappa shape index (κ3) is 3.69. The molecule has 0 aliphatic carbocycles. The van der Waals surface area contributed by atoms with E-state index < -0.39 is 14.9 Å². The zero-order chi connectivity index (χ0) is 17.0. The molecule has 0 aromatic heterocycles. The second kappa shape index (κ2) is 6.53. The number of nitrogens with zero attached hydrogens (tertiary/aromatic N) is 1. The maximum atomic E-state index is 12.5. The number of hydrogen-bond acceptors (Lipinski definition) is 6. The van der Waals surface area contributed by atoms with E-state index in [-0.39, 0.29) is 22.0 Å². The third-order valence-electron chi connectivity index (χ3n) is 2.99. The van der Waals surface area contributed by atoms with Crippen molar-refractivity contribution in [2.45, 2.75) is 4.90 Å². The maximum Gasteiger partial charge on any atom is 0.269 e. The lowest BCUT2D eigenvalue weighted by Crippen LogP contribution is -2.14. The number of benzene rings is 2. The standard InChI is InChI=1S/C14H14N2O6S/c1-21-12-7-8-13(22-2)14(9-12)23(19,20)15-10-3-5-11(6-4-10)16(17)18/h3-9,15H,1-2H3. The fourth-order valence-corrected chi connectivity index (χ4v) is 3.10. The normalized spacial score (nSPS) is 10.9. The molecular weight excluding hydrogens is 324 g/mol. The van der Waals surface area contributed by atoms with E-state index in [1.807, 2.05) is 0 Å². The molecular formula is C14H14N2O6S. The largest absolute Gasteiger partial charge is 0.497 e. The summed E-state index contributed by atoms with van der Waals surface area (Å²) in [6, 6.07) is 9.41. The van der Waals surface area contributed by atoms with Gasteiger partial charge < -0.3 is 9.47 Å². The molecule has 0 fully saturated rings. The molecule has 0 heterocycles. The van der Waals surface area contributed by atoms with Gasteiger partial charge in [-0.15, -0.1) is 0 Å². The van der Waals surface area contributed by atoms with Crippen LogP contribution in [0.1, 0.15) is 0 Å². The minimum absolute atomic E-state index is 0.0993. The minimum Gasteiger partial charge on any atom is -0.497 e. The van der Waals surface area contributed by atoms with Crippen molar-refractivity contribution in [3.63, 3.8) is 0 Å². The summed E-state index contributed by atoms with van der Waals surface area (Å²) in [6.45, 7) is 0. The highest BCUT2D eigenvalue weighted by molar-refractivity contribution is 7.92. The second-order valence-corrected chi connectivity index (χ2v) is 6.08. The minimum atomic E-state index is -3.95. The summed E-state index contributed by atoms with van der Waals surface area (Å²) in [5.74, 6) is 0.509. The highest BCUT2D eigenvalue weighted by Gasteiger charge is 2.21. The van der Waals surface area contributed by atoms with Crippen LogP contribution in [0.15, 0.2) is 47.4 Å². The van der Waals surface area contributed by atoms with Gasteiger partial charge >= 0.3 is 0 Å². The van der Waals surface area contributed by atoms with Crippen molar-refractivity contribution < 1.29 is 22.8 Å². The molecule has 0 bridgehead atoms. The quantitative estimate of drug-likeness (QED) is 0.640. The van der Waals surface area contributed by atoms with Crippen molar-refractivity contribution in [2.24, 2.45) is 0 Å². The van der Waals surface area contributed by atoms with Crippen LogP contribution in [0, 0.1) is 10.1 Å². The zero-order valence-corrected chi connectivity index (χ0v) is 13.2. The van der Waals surface area contributed by atoms with Gasteiger partial charge in [0.25, 0.3) is 15.7 Å². The predicted octanol–water partition coefficient (Wildman–Crippen LogP) is 2.41. The Bertz CT molecular complexity index is 818. The van der Waals surface area contributed by atoms with Gasteiger partial charge in [0.1, 0.15) is 16.4 Å². The fraction of sp³-hybridized carbons (Fsp3) is 0.143. The van der Waals surface area contributed by atoms with Gasteiger partial charge in [0.05, 0.1) is 19.1 Å². The Morgan fingerprint density at radius 3 is 2.22 bits per heavy atom. The summed E-state index contributed by atoms with van der Waals surface area (Å²) in [5.41, 5.74) is 0.0624. The number of anilines is 1. The van der Waals surface area contributed by atoms with E-state index in [1.54, 1.807) is 6.07 Å². The highest BCUT2D eigenvalue weighted by Crippen LogP contribution is 2.30. The maximum absolute atomic E-state index is 12.5. The Morgan fingerprint density at radius 1 is 1.04 bits per heavy atom. The lowest BCUT2D eigenvalue weighted by atomic mass is 10.3. The van der Waals surface area contributed by atoms with Gasteiger partial charge in [0.15, 0.2) is 0 Å². The van der Waals surface area contributed by atoms with Gasteiger partial charge in [0.2, 0.25) is 0 Å². The van der Waals surface area contributed by atoms with E-state index in [2.05, 4.69) is 4.72 Å². The second-order valence-electron chi connectivity index (χ2n) is 4.43. The molecule has 0 spiro atoms. The van der Waals surface area contributed by atoms with Gasteiger partial charge in [-0.2, -0.15) is 0 Å². The molecule has 0 amide bonds. The van der Waals surface area contributed by atoms with Crippen molar-refractivity contribution >= 4 is 21.4 Å². The first-order chi connectivity index (χ1) is 10.9. The molecule has 0 radical (unpaired) electrons. The number of ether oxygens (including phenoxy) is 2. The molecule has 2 aromatic carbocycles. The van der Waals surface area contributed by atoms with Crippen molar-refractivity contribution in [3.05, 3.63) is 52.6 Å². The molecule has 0 unspecified atom stereocenters. The van der Waals surface area contributed by atoms with Crippen LogP contribution in [0.25, 0.3) is 0 Å². The van der Waals surface area contributed by atoms with Gasteiger partial charge in [-0.25, -0.2) is 8.42 Å². The zero-order valence-electron chi connectivity index (χ0n) is 12.3. The Hall–Kier alpha value is -2.81. The van der Waals surface area contributed by atoms with E-state index in [0.717, 1.165) is 0 Å². The molecule has 0 atom stereocenters. The Kier molecular flexibility index (Phi) is 4.70. The number of hydrogen-bond donors (Lipinski definition) is 1. The van der Waals surface area contributed by atoms with Crippen LogP contribution in [-0.4, -0.2) is 27.6 Å². The van der Waals surface area contributed by atoms with Crippen molar-refractivity contribution in [3.8, 4) is 11.5 Å².